The van der Waals surface area contributed by atoms with E-state index in [9.17, 15) is 0 Å². The SMILES string of the molecule is I[C](I)C(I)(I)C(I)(I)C(I)(I)C(I)(I)C(I)(I)C(I)(I)C(I)(I)I. The maximum absolute atomic E-state index is 2.72. The van der Waals surface area contributed by atoms with E-state index in [-0.39, 0.29) is 8.01 Å². The van der Waals surface area contributed by atoms with E-state index in [1.165, 1.54) is 1.93 Å². The van der Waals surface area contributed by atoms with Gasteiger partial charge < -0.3 is 0 Å². The van der Waals surface area contributed by atoms with Crippen molar-refractivity contribution in [3.63, 3.8) is 0 Å². The van der Waals surface area contributed by atoms with Crippen molar-refractivity contribution >= 4 is 384 Å². The molecule has 0 aliphatic carbocycles. The normalized spacial score (nSPS) is 16.6. The summed E-state index contributed by atoms with van der Waals surface area (Å²) in [5, 5.41) is 0. The monoisotopic (exact) mass is 2250 g/mol. The Morgan fingerprint density at radius 3 is 0.840 bits per heavy atom. The number of halogens is 17. The Labute approximate surface area is 381 Å². The molecule has 0 aliphatic heterocycles. The van der Waals surface area contributed by atoms with E-state index in [2.05, 4.69) is 384 Å². The van der Waals surface area contributed by atoms with Crippen molar-refractivity contribution in [3.05, 3.63) is 1.93 Å². The molecule has 0 aromatic carbocycles. The smallest absolute Gasteiger partial charge is 0.0623 e. The highest BCUT2D eigenvalue weighted by Crippen LogP contribution is 2.79. The average Bonchev–Trinajstić information content (AvgIpc) is 2.35. The van der Waals surface area contributed by atoms with Gasteiger partial charge in [-0.05, 0) is 0 Å². The fourth-order valence-electron chi connectivity index (χ4n) is 1.09. The van der Waals surface area contributed by atoms with Crippen LogP contribution < -0.4 is 0 Å². The largest absolute Gasteiger partial charge is 0.149 e. The number of rotatable bonds is 7. The lowest BCUT2D eigenvalue weighted by Gasteiger charge is -2.56. The highest BCUT2D eigenvalue weighted by Gasteiger charge is 2.75. The first-order valence-corrected chi connectivity index (χ1v) is 23.3. The molecule has 0 saturated carbocycles. The summed E-state index contributed by atoms with van der Waals surface area (Å²) in [7, 11) is 0. The lowest BCUT2D eigenvalue weighted by atomic mass is 10.1. The standard InChI is InChI=1S/C8I17/c9-1(10)2(11,12)3(13,14)4(15,16)5(17,18)6(19,20)7(21,22)8(23,24)25. The van der Waals surface area contributed by atoms with Gasteiger partial charge in [0.1, 0.15) is 9.94 Å². The maximum Gasteiger partial charge on any atom is 0.149 e. The van der Waals surface area contributed by atoms with E-state index >= 15 is 0 Å². The van der Waals surface area contributed by atoms with Crippen LogP contribution in [-0.2, 0) is 0 Å². The summed E-state index contributed by atoms with van der Waals surface area (Å²) in [6, 6.07) is 0. The summed E-state index contributed by atoms with van der Waals surface area (Å²) in [5.74, 6) is 0. The molecule has 0 unspecified atom stereocenters. The summed E-state index contributed by atoms with van der Waals surface area (Å²) in [6.45, 7) is 0. The molecule has 0 bridgehead atoms. The van der Waals surface area contributed by atoms with E-state index in [4.69, 9.17) is 0 Å². The summed E-state index contributed by atoms with van der Waals surface area (Å²) < 4.78 is 1.46. The molecule has 0 heterocycles. The van der Waals surface area contributed by atoms with E-state index in [1.807, 2.05) is 0 Å². The molecule has 0 aromatic heterocycles. The van der Waals surface area contributed by atoms with Gasteiger partial charge in [0.15, 0.2) is 0 Å². The Morgan fingerprint density at radius 2 is 0.600 bits per heavy atom. The number of alkyl halides is 15. The molecule has 25 heavy (non-hydrogen) atoms. The van der Waals surface area contributed by atoms with E-state index < -0.39 is 0 Å². The Hall–Kier alpha value is 12.4. The van der Waals surface area contributed by atoms with Crippen molar-refractivity contribution in [3.8, 4) is 0 Å². The van der Waals surface area contributed by atoms with Crippen LogP contribution in [0.3, 0.4) is 0 Å². The van der Waals surface area contributed by atoms with E-state index in [1.54, 1.807) is 0 Å². The van der Waals surface area contributed by atoms with Gasteiger partial charge in [0.25, 0.3) is 0 Å². The first kappa shape index (κ1) is 37.4. The van der Waals surface area contributed by atoms with Crippen LogP contribution in [0.2, 0.25) is 0 Å². The van der Waals surface area contributed by atoms with Crippen LogP contribution in [0.5, 0.6) is 0 Å². The number of hydrogen-bond donors (Lipinski definition) is 0. The first-order chi connectivity index (χ1) is 10.4. The minimum absolute atomic E-state index is 0.00666. The Morgan fingerprint density at radius 1 is 0.360 bits per heavy atom. The third-order valence-corrected chi connectivity index (χ3v) is 56.5. The molecule has 17 heteroatoms. The zero-order valence-corrected chi connectivity index (χ0v) is 47.1. The van der Waals surface area contributed by atoms with Gasteiger partial charge >= 0.3 is 0 Å². The van der Waals surface area contributed by atoms with Gasteiger partial charge in [0.05, 0.1) is 0 Å². The minimum atomic E-state index is -0.0282. The van der Waals surface area contributed by atoms with Crippen LogP contribution in [0.15, 0.2) is 0 Å². The Bertz CT molecular complexity index is 481. The summed E-state index contributed by atoms with van der Waals surface area (Å²) in [6.07, 6.45) is 0. The van der Waals surface area contributed by atoms with Gasteiger partial charge in [-0.2, -0.15) is 0 Å². The Kier molecular flexibility index (Phi) is 20.7. The van der Waals surface area contributed by atoms with Crippen LogP contribution >= 0.6 is 384 Å². The third kappa shape index (κ3) is 8.22. The van der Waals surface area contributed by atoms with E-state index in [0.717, 1.165) is 0 Å². The highest BCUT2D eigenvalue weighted by atomic mass is 127. The Balaban J connectivity index is 6.50. The summed E-state index contributed by atoms with van der Waals surface area (Å²) in [4.78, 5) is 0. The summed E-state index contributed by atoms with van der Waals surface area (Å²) in [5.41, 5.74) is 0. The predicted octanol–water partition coefficient (Wildman–Crippen LogP) is 13.7. The summed E-state index contributed by atoms with van der Waals surface area (Å²) >= 11 is 45.0. The van der Waals surface area contributed by atoms with Crippen LogP contribution in [0.4, 0.5) is 0 Å². The molecule has 0 aromatic rings. The first-order valence-electron chi connectivity index (χ1n) is 4.96. The van der Waals surface area contributed by atoms with E-state index in [0.29, 0.717) is 0 Å². The third-order valence-electron chi connectivity index (χ3n) is 2.57. The maximum atomic E-state index is 2.72. The molecule has 0 spiro atoms. The van der Waals surface area contributed by atoms with Crippen molar-refractivity contribution in [2.45, 2.75) is 8.01 Å². The van der Waals surface area contributed by atoms with Crippen molar-refractivity contribution in [2.24, 2.45) is 0 Å². The fraction of sp³-hybridized carbons (Fsp3) is 0.875. The molecule has 0 amide bonds. The van der Waals surface area contributed by atoms with Gasteiger partial charge in [-0.3, -0.25) is 0 Å². The highest BCUT2D eigenvalue weighted by molar-refractivity contribution is 14.3. The molecule has 1 radical (unpaired) electrons. The minimum Gasteiger partial charge on any atom is -0.0623 e. The molecule has 0 aliphatic rings. The van der Waals surface area contributed by atoms with Crippen LogP contribution in [0, 0.1) is 1.93 Å². The predicted molar refractivity (Wildman–Crippen MR) is 261 cm³/mol. The molecule has 151 valence electrons. The van der Waals surface area contributed by atoms with Crippen molar-refractivity contribution in [1.29, 1.82) is 0 Å². The van der Waals surface area contributed by atoms with Gasteiger partial charge in [-0.25, -0.2) is 0 Å². The molecule has 0 rings (SSSR count). The topological polar surface area (TPSA) is 0 Å². The second-order valence-electron chi connectivity index (χ2n) is 4.20. The van der Waals surface area contributed by atoms with Crippen LogP contribution in [0.25, 0.3) is 0 Å². The van der Waals surface area contributed by atoms with Crippen LogP contribution in [-0.4, -0.2) is 8.01 Å². The molecule has 0 N–H and O–H groups in total. The number of hydrogen-bond acceptors (Lipinski definition) is 0. The zero-order chi connectivity index (χ0) is 21.1. The van der Waals surface area contributed by atoms with Gasteiger partial charge in [0.2, 0.25) is 0 Å². The van der Waals surface area contributed by atoms with Gasteiger partial charge in [-0.15, -0.1) is 0 Å². The lowest BCUT2D eigenvalue weighted by molar-refractivity contribution is 0.710. The second kappa shape index (κ2) is 13.9. The molecular formula is C8I17. The molecular weight excluding hydrogens is 2250 g/mol. The second-order valence-corrected chi connectivity index (χ2v) is 51.3. The molecule has 0 nitrogen and oxygen atoms in total. The molecule has 0 atom stereocenters. The average molecular weight is 2250 g/mol. The van der Waals surface area contributed by atoms with Crippen molar-refractivity contribution < 1.29 is 0 Å². The fourth-order valence-corrected chi connectivity index (χ4v) is 24.3. The molecule has 0 fully saturated rings. The van der Waals surface area contributed by atoms with Gasteiger partial charge in [-0.1, -0.05) is 384 Å². The van der Waals surface area contributed by atoms with Crippen molar-refractivity contribution in [1.82, 2.24) is 0 Å². The van der Waals surface area contributed by atoms with Crippen molar-refractivity contribution in [2.75, 3.05) is 0 Å². The lowest BCUT2D eigenvalue weighted by Crippen LogP contribution is -2.65. The molecule has 0 saturated heterocycles. The van der Waals surface area contributed by atoms with Crippen LogP contribution in [0.1, 0.15) is 0 Å². The van der Waals surface area contributed by atoms with Gasteiger partial charge in [0, 0.05) is 0 Å². The quantitative estimate of drug-likeness (QED) is 0.176. The zero-order valence-electron chi connectivity index (χ0n) is 10.4.